The van der Waals surface area contributed by atoms with E-state index in [1.807, 2.05) is 35.5 Å². The number of likely N-dealkylation sites (N-methyl/N-ethyl adjacent to an activating group) is 1. The molecule has 1 N–H and O–H groups in total. The minimum absolute atomic E-state index is 0.0384. The number of rotatable bonds is 5. The predicted molar refractivity (Wildman–Crippen MR) is 136 cm³/mol. The summed E-state index contributed by atoms with van der Waals surface area (Å²) in [6.45, 7) is 8.37. The Labute approximate surface area is 204 Å². The van der Waals surface area contributed by atoms with Crippen molar-refractivity contribution in [3.63, 3.8) is 0 Å². The fourth-order valence-corrected chi connectivity index (χ4v) is 5.31. The summed E-state index contributed by atoms with van der Waals surface area (Å²) in [4.78, 5) is 35.8. The molecule has 1 aromatic carbocycles. The van der Waals surface area contributed by atoms with E-state index in [0.717, 1.165) is 17.1 Å². The molecule has 2 aromatic rings. The third-order valence-corrected chi connectivity index (χ3v) is 7.53. The number of pyridine rings is 1. The van der Waals surface area contributed by atoms with Crippen molar-refractivity contribution in [2.45, 2.75) is 32.9 Å². The molecule has 2 aliphatic heterocycles. The maximum Gasteiger partial charge on any atom is 0.254 e. The van der Waals surface area contributed by atoms with Gasteiger partial charge in [-0.25, -0.2) is 4.98 Å². The van der Waals surface area contributed by atoms with Crippen molar-refractivity contribution in [2.24, 2.45) is 0 Å². The average Bonchev–Trinajstić information content (AvgIpc) is 2.82. The number of piperazine rings is 1. The van der Waals surface area contributed by atoms with E-state index in [1.54, 1.807) is 35.4 Å². The van der Waals surface area contributed by atoms with E-state index >= 15 is 0 Å². The number of hydrogen-bond acceptors (Lipinski definition) is 7. The number of carbonyl (C=O) groups is 2. The molecule has 2 atom stereocenters. The van der Waals surface area contributed by atoms with Gasteiger partial charge in [0.1, 0.15) is 18.1 Å². The maximum absolute atomic E-state index is 13.0. The number of hydrogen-bond donors (Lipinski definition) is 1. The topological polar surface area (TPSA) is 95.1 Å². The average molecular weight is 485 g/mol. The van der Waals surface area contributed by atoms with Crippen molar-refractivity contribution in [3.05, 3.63) is 42.1 Å². The fourth-order valence-electron chi connectivity index (χ4n) is 4.63. The molecule has 9 nitrogen and oxygen atoms in total. The van der Waals surface area contributed by atoms with Crippen molar-refractivity contribution in [3.8, 4) is 0 Å². The molecule has 0 spiro atoms. The van der Waals surface area contributed by atoms with Crippen LogP contribution in [-0.2, 0) is 16.2 Å². The second-order valence-corrected chi connectivity index (χ2v) is 10.3. The van der Waals surface area contributed by atoms with Gasteiger partial charge in [0.25, 0.3) is 5.91 Å². The summed E-state index contributed by atoms with van der Waals surface area (Å²) in [5.41, 5.74) is 3.08. The summed E-state index contributed by atoms with van der Waals surface area (Å²) in [5, 5.41) is 3.31. The highest BCUT2D eigenvalue weighted by Gasteiger charge is 2.35. The lowest BCUT2D eigenvalue weighted by molar-refractivity contribution is -0.119. The Morgan fingerprint density at radius 3 is 2.53 bits per heavy atom. The highest BCUT2D eigenvalue weighted by molar-refractivity contribution is 7.88. The zero-order valence-electron chi connectivity index (χ0n) is 20.3. The SMILES string of the molecule is CC(C)N1c2cc(Nc3cccc(C(=O)N4CCN([S+](C)[O-])CC4)c3)ncc2N(C)C(=O)C1C. The van der Waals surface area contributed by atoms with Crippen molar-refractivity contribution in [1.82, 2.24) is 14.2 Å². The molecule has 2 aliphatic rings. The predicted octanol–water partition coefficient (Wildman–Crippen LogP) is 2.46. The van der Waals surface area contributed by atoms with Crippen LogP contribution in [0.15, 0.2) is 36.5 Å². The molecule has 1 saturated heterocycles. The Kier molecular flexibility index (Phi) is 7.01. The van der Waals surface area contributed by atoms with Gasteiger partial charge in [0.15, 0.2) is 0 Å². The summed E-state index contributed by atoms with van der Waals surface area (Å²) in [5.74, 6) is 0.646. The number of nitrogens with one attached hydrogen (secondary N) is 1. The van der Waals surface area contributed by atoms with E-state index in [1.165, 1.54) is 0 Å². The molecule has 1 fully saturated rings. The molecular weight excluding hydrogens is 452 g/mol. The van der Waals surface area contributed by atoms with Gasteiger partial charge in [-0.15, -0.1) is 4.31 Å². The van der Waals surface area contributed by atoms with E-state index in [4.69, 9.17) is 0 Å². The van der Waals surface area contributed by atoms with Crippen LogP contribution in [0, 0.1) is 0 Å². The van der Waals surface area contributed by atoms with Crippen molar-refractivity contribution in [2.75, 3.05) is 54.6 Å². The number of aromatic nitrogens is 1. The molecular formula is C24H32N6O3S. The number of nitrogens with zero attached hydrogens (tertiary/aromatic N) is 5. The Hall–Kier alpha value is -2.82. The van der Waals surface area contributed by atoms with Crippen LogP contribution in [0.25, 0.3) is 0 Å². The summed E-state index contributed by atoms with van der Waals surface area (Å²) >= 11 is -1.01. The monoisotopic (exact) mass is 484 g/mol. The Morgan fingerprint density at radius 2 is 1.88 bits per heavy atom. The highest BCUT2D eigenvalue weighted by Crippen LogP contribution is 2.38. The lowest BCUT2D eigenvalue weighted by Crippen LogP contribution is -2.53. The Balaban J connectivity index is 1.53. The largest absolute Gasteiger partial charge is 0.598 e. The van der Waals surface area contributed by atoms with Gasteiger partial charge in [-0.2, -0.15) is 0 Å². The fraction of sp³-hybridized carbons (Fsp3) is 0.458. The van der Waals surface area contributed by atoms with E-state index in [-0.39, 0.29) is 23.9 Å². The molecule has 1 aromatic heterocycles. The van der Waals surface area contributed by atoms with E-state index < -0.39 is 11.4 Å². The van der Waals surface area contributed by atoms with Crippen LogP contribution >= 0.6 is 0 Å². The minimum Gasteiger partial charge on any atom is -0.598 e. The Bertz CT molecular complexity index is 1070. The van der Waals surface area contributed by atoms with Gasteiger partial charge >= 0.3 is 0 Å². The van der Waals surface area contributed by atoms with Gasteiger partial charge in [-0.05, 0) is 39.0 Å². The molecule has 34 heavy (non-hydrogen) atoms. The van der Waals surface area contributed by atoms with Crippen LogP contribution in [-0.4, -0.2) is 82.1 Å². The van der Waals surface area contributed by atoms with E-state index in [9.17, 15) is 14.1 Å². The standard InChI is InChI=1S/C24H32N6O3S/c1-16(2)30-17(3)23(31)27(4)21-15-25-22(14-20(21)30)26-19-8-6-7-18(13-19)24(32)28-9-11-29(12-10-28)34(5)33/h6-8,13-17H,9-12H2,1-5H3,(H,25,26). The first-order valence-corrected chi connectivity index (χ1v) is 13.0. The second-order valence-electron chi connectivity index (χ2n) is 8.98. The zero-order chi connectivity index (χ0) is 24.6. The van der Waals surface area contributed by atoms with Crippen molar-refractivity contribution < 1.29 is 14.1 Å². The lowest BCUT2D eigenvalue weighted by Gasteiger charge is -2.42. The summed E-state index contributed by atoms with van der Waals surface area (Å²) in [6, 6.07) is 9.21. The van der Waals surface area contributed by atoms with Crippen LogP contribution < -0.4 is 15.1 Å². The summed E-state index contributed by atoms with van der Waals surface area (Å²) < 4.78 is 13.5. The quantitative estimate of drug-likeness (QED) is 0.652. The molecule has 3 heterocycles. The summed E-state index contributed by atoms with van der Waals surface area (Å²) in [6.07, 6.45) is 3.38. The van der Waals surface area contributed by atoms with Crippen LogP contribution in [0.2, 0.25) is 0 Å². The molecule has 182 valence electrons. The first-order valence-electron chi connectivity index (χ1n) is 11.5. The third-order valence-electron chi connectivity index (χ3n) is 6.43. The highest BCUT2D eigenvalue weighted by atomic mass is 32.2. The number of benzene rings is 1. The van der Waals surface area contributed by atoms with Crippen molar-refractivity contribution in [1.29, 1.82) is 0 Å². The number of amides is 2. The first kappa shape index (κ1) is 24.3. The van der Waals surface area contributed by atoms with Gasteiger partial charge in [0.05, 0.1) is 30.7 Å². The smallest absolute Gasteiger partial charge is 0.254 e. The van der Waals surface area contributed by atoms with Gasteiger partial charge in [-0.1, -0.05) is 6.07 Å². The maximum atomic E-state index is 13.0. The van der Waals surface area contributed by atoms with Crippen LogP contribution in [0.4, 0.5) is 22.9 Å². The first-order chi connectivity index (χ1) is 16.2. The third kappa shape index (κ3) is 4.70. The van der Waals surface area contributed by atoms with Gasteiger partial charge in [-0.3, -0.25) is 9.59 Å². The number of carbonyl (C=O) groups excluding carboxylic acids is 2. The Morgan fingerprint density at radius 1 is 1.18 bits per heavy atom. The second kappa shape index (κ2) is 9.81. The normalized spacial score (nSPS) is 19.9. The van der Waals surface area contributed by atoms with Gasteiger partial charge in [0.2, 0.25) is 5.91 Å². The van der Waals surface area contributed by atoms with Crippen molar-refractivity contribution >= 4 is 46.1 Å². The molecule has 2 amide bonds. The summed E-state index contributed by atoms with van der Waals surface area (Å²) in [7, 11) is 1.77. The van der Waals surface area contributed by atoms with Gasteiger partial charge in [0, 0.05) is 54.9 Å². The van der Waals surface area contributed by atoms with Crippen LogP contribution in [0.5, 0.6) is 0 Å². The zero-order valence-corrected chi connectivity index (χ0v) is 21.1. The number of fused-ring (bicyclic) bond motifs is 1. The van der Waals surface area contributed by atoms with Gasteiger partial charge < -0.3 is 24.6 Å². The van der Waals surface area contributed by atoms with E-state index in [0.29, 0.717) is 37.6 Å². The molecule has 0 aliphatic carbocycles. The molecule has 2 unspecified atom stereocenters. The van der Waals surface area contributed by atoms with Crippen LogP contribution in [0.3, 0.4) is 0 Å². The number of anilines is 4. The molecule has 10 heteroatoms. The molecule has 0 radical (unpaired) electrons. The van der Waals surface area contributed by atoms with E-state index in [2.05, 4.69) is 29.0 Å². The molecule has 0 saturated carbocycles. The molecule has 4 rings (SSSR count). The minimum atomic E-state index is -1.01. The van der Waals surface area contributed by atoms with Crippen LogP contribution in [0.1, 0.15) is 31.1 Å². The lowest BCUT2D eigenvalue weighted by atomic mass is 10.1. The molecule has 0 bridgehead atoms.